The van der Waals surface area contributed by atoms with Crippen molar-refractivity contribution in [1.82, 2.24) is 0 Å². The van der Waals surface area contributed by atoms with Gasteiger partial charge in [0.2, 0.25) is 0 Å². The third kappa shape index (κ3) is 2.57. The molecule has 0 saturated heterocycles. The molecule has 3 aromatic carbocycles. The predicted molar refractivity (Wildman–Crippen MR) is 111 cm³/mol. The second-order valence-corrected chi connectivity index (χ2v) is 6.83. The summed E-state index contributed by atoms with van der Waals surface area (Å²) in [6.45, 7) is 2.55. The maximum absolute atomic E-state index is 13.0. The number of hydrogen-bond donors (Lipinski definition) is 1. The molecule has 4 aromatic rings. The number of anilines is 2. The van der Waals surface area contributed by atoms with E-state index < -0.39 is 0 Å². The summed E-state index contributed by atoms with van der Waals surface area (Å²) in [5.41, 5.74) is 4.74. The number of nitrogens with one attached hydrogen (secondary N) is 1. The summed E-state index contributed by atoms with van der Waals surface area (Å²) in [7, 11) is 0. The lowest BCUT2D eigenvalue weighted by Crippen LogP contribution is -2.22. The smallest absolute Gasteiger partial charge is 0.342 e. The van der Waals surface area contributed by atoms with Crippen molar-refractivity contribution in [3.8, 4) is 5.75 Å². The van der Waals surface area contributed by atoms with Crippen LogP contribution in [0.1, 0.15) is 29.5 Å². The highest BCUT2D eigenvalue weighted by molar-refractivity contribution is 5.96. The van der Waals surface area contributed by atoms with E-state index >= 15 is 0 Å². The Morgan fingerprint density at radius 1 is 1.00 bits per heavy atom. The van der Waals surface area contributed by atoms with Gasteiger partial charge in [0.1, 0.15) is 11.3 Å². The first-order valence-electron chi connectivity index (χ1n) is 9.40. The zero-order chi connectivity index (χ0) is 19.1. The van der Waals surface area contributed by atoms with Crippen molar-refractivity contribution in [2.75, 3.05) is 11.9 Å². The van der Waals surface area contributed by atoms with Crippen molar-refractivity contribution in [2.45, 2.75) is 12.8 Å². The summed E-state index contributed by atoms with van der Waals surface area (Å²) in [4.78, 5) is 13.0. The number of fused-ring (bicyclic) bond motifs is 4. The fourth-order valence-electron chi connectivity index (χ4n) is 3.99. The van der Waals surface area contributed by atoms with E-state index in [-0.39, 0.29) is 11.5 Å². The summed E-state index contributed by atoms with van der Waals surface area (Å²) in [5.74, 6) is 0.561. The van der Waals surface area contributed by atoms with Gasteiger partial charge < -0.3 is 14.5 Å². The first-order valence-corrected chi connectivity index (χ1v) is 9.40. The molecule has 1 aliphatic heterocycles. The van der Waals surface area contributed by atoms with E-state index in [1.807, 2.05) is 79.7 Å². The number of para-hydroxylation sites is 1. The maximum Gasteiger partial charge on any atom is 0.342 e. The second-order valence-electron chi connectivity index (χ2n) is 6.83. The van der Waals surface area contributed by atoms with Crippen LogP contribution in [0.4, 0.5) is 11.4 Å². The number of benzene rings is 3. The Kier molecular flexibility index (Phi) is 3.90. The summed E-state index contributed by atoms with van der Waals surface area (Å²) >= 11 is 0. The van der Waals surface area contributed by atoms with Crippen LogP contribution in [-0.4, -0.2) is 6.61 Å². The molecule has 1 atom stereocenters. The summed E-state index contributed by atoms with van der Waals surface area (Å²) in [5, 5.41) is 4.38. The fourth-order valence-corrected chi connectivity index (χ4v) is 3.99. The first kappa shape index (κ1) is 16.6. The molecule has 5 rings (SSSR count). The molecule has 4 nitrogen and oxygen atoms in total. The Morgan fingerprint density at radius 2 is 1.79 bits per heavy atom. The quantitative estimate of drug-likeness (QED) is 0.431. The number of rotatable bonds is 3. The molecule has 0 spiro atoms. The Bertz CT molecular complexity index is 1230. The number of hydrogen-bond acceptors (Lipinski definition) is 4. The monoisotopic (exact) mass is 369 g/mol. The van der Waals surface area contributed by atoms with Crippen LogP contribution in [0.3, 0.4) is 0 Å². The maximum atomic E-state index is 13.0. The van der Waals surface area contributed by atoms with Gasteiger partial charge in [-0.2, -0.15) is 0 Å². The Morgan fingerprint density at radius 3 is 2.61 bits per heavy atom. The van der Waals surface area contributed by atoms with Gasteiger partial charge in [-0.3, -0.25) is 0 Å². The molecule has 0 saturated carbocycles. The van der Waals surface area contributed by atoms with Crippen LogP contribution in [-0.2, 0) is 0 Å². The van der Waals surface area contributed by atoms with Gasteiger partial charge in [-0.15, -0.1) is 0 Å². The van der Waals surface area contributed by atoms with Crippen molar-refractivity contribution in [3.05, 3.63) is 99.9 Å². The summed E-state index contributed by atoms with van der Waals surface area (Å²) < 4.78 is 11.4. The molecule has 28 heavy (non-hydrogen) atoms. The zero-order valence-corrected chi connectivity index (χ0v) is 15.4. The second kappa shape index (κ2) is 6.57. The van der Waals surface area contributed by atoms with Crippen LogP contribution < -0.4 is 15.7 Å². The van der Waals surface area contributed by atoms with Gasteiger partial charge in [-0.05, 0) is 48.4 Å². The Labute approximate surface area is 162 Å². The molecule has 138 valence electrons. The molecule has 1 N–H and O–H groups in total. The van der Waals surface area contributed by atoms with Crippen molar-refractivity contribution in [2.24, 2.45) is 0 Å². The SMILES string of the molecule is CCOc1ccc2c(c1)C(c1ccccc1)c1c(c3ccccc3oc1=O)N2. The van der Waals surface area contributed by atoms with E-state index in [1.54, 1.807) is 0 Å². The lowest BCUT2D eigenvalue weighted by atomic mass is 9.81. The highest BCUT2D eigenvalue weighted by atomic mass is 16.5. The topological polar surface area (TPSA) is 51.5 Å². The first-order chi connectivity index (χ1) is 13.8. The predicted octanol–water partition coefficient (Wildman–Crippen LogP) is 5.43. The van der Waals surface area contributed by atoms with Crippen molar-refractivity contribution in [3.63, 3.8) is 0 Å². The molecule has 0 bridgehead atoms. The molecule has 0 aliphatic carbocycles. The lowest BCUT2D eigenvalue weighted by Gasteiger charge is -2.29. The highest BCUT2D eigenvalue weighted by Crippen LogP contribution is 2.46. The van der Waals surface area contributed by atoms with E-state index in [9.17, 15) is 4.79 Å². The molecule has 1 aliphatic rings. The minimum Gasteiger partial charge on any atom is -0.494 e. The Balaban J connectivity index is 1.83. The normalized spacial score (nSPS) is 14.8. The van der Waals surface area contributed by atoms with Crippen molar-refractivity contribution >= 4 is 22.3 Å². The standard InChI is InChI=1S/C24H19NO3/c1-2-27-16-12-13-19-18(14-16)21(15-8-4-3-5-9-15)22-23(25-19)17-10-6-7-11-20(17)28-24(22)26/h3-14,21,25H,2H2,1H3. The molecular weight excluding hydrogens is 350 g/mol. The van der Waals surface area contributed by atoms with Gasteiger partial charge in [0, 0.05) is 17.0 Å². The van der Waals surface area contributed by atoms with Crippen LogP contribution in [0.2, 0.25) is 0 Å². The van der Waals surface area contributed by atoms with E-state index in [4.69, 9.17) is 9.15 Å². The van der Waals surface area contributed by atoms with Crippen molar-refractivity contribution in [1.29, 1.82) is 0 Å². The minimum atomic E-state index is -0.317. The average molecular weight is 369 g/mol. The average Bonchev–Trinajstić information content (AvgIpc) is 2.73. The third-order valence-corrected chi connectivity index (χ3v) is 5.17. The van der Waals surface area contributed by atoms with E-state index in [0.717, 1.165) is 33.6 Å². The van der Waals surface area contributed by atoms with E-state index in [2.05, 4.69) is 5.32 Å². The van der Waals surface area contributed by atoms with Crippen LogP contribution in [0.5, 0.6) is 5.75 Å². The van der Waals surface area contributed by atoms with Crippen LogP contribution in [0, 0.1) is 0 Å². The van der Waals surface area contributed by atoms with Crippen LogP contribution >= 0.6 is 0 Å². The molecule has 2 heterocycles. The molecule has 0 fully saturated rings. The van der Waals surface area contributed by atoms with Crippen molar-refractivity contribution < 1.29 is 9.15 Å². The van der Waals surface area contributed by atoms with Crippen LogP contribution in [0.25, 0.3) is 11.0 Å². The van der Waals surface area contributed by atoms with Gasteiger partial charge in [-0.1, -0.05) is 42.5 Å². The highest BCUT2D eigenvalue weighted by Gasteiger charge is 2.32. The molecule has 0 amide bonds. The summed E-state index contributed by atoms with van der Waals surface area (Å²) in [6, 6.07) is 23.7. The fraction of sp³-hybridized carbons (Fsp3) is 0.125. The number of ether oxygens (including phenoxy) is 1. The van der Waals surface area contributed by atoms with Gasteiger partial charge in [0.15, 0.2) is 0 Å². The summed E-state index contributed by atoms with van der Waals surface area (Å²) in [6.07, 6.45) is 0. The molecule has 0 radical (unpaired) electrons. The van der Waals surface area contributed by atoms with Gasteiger partial charge in [0.05, 0.1) is 17.9 Å². The third-order valence-electron chi connectivity index (χ3n) is 5.17. The van der Waals surface area contributed by atoms with Gasteiger partial charge in [0.25, 0.3) is 0 Å². The van der Waals surface area contributed by atoms with Gasteiger partial charge >= 0.3 is 5.63 Å². The minimum absolute atomic E-state index is 0.228. The molecular formula is C24H19NO3. The molecule has 4 heteroatoms. The molecule has 1 aromatic heterocycles. The van der Waals surface area contributed by atoms with Crippen LogP contribution in [0.15, 0.2) is 82.0 Å². The lowest BCUT2D eigenvalue weighted by molar-refractivity contribution is 0.340. The Hall–Kier alpha value is -3.53. The zero-order valence-electron chi connectivity index (χ0n) is 15.4. The molecule has 1 unspecified atom stereocenters. The van der Waals surface area contributed by atoms with E-state index in [0.29, 0.717) is 17.8 Å². The van der Waals surface area contributed by atoms with E-state index in [1.165, 1.54) is 0 Å². The largest absolute Gasteiger partial charge is 0.494 e. The van der Waals surface area contributed by atoms with Gasteiger partial charge in [-0.25, -0.2) is 4.79 Å².